The van der Waals surface area contributed by atoms with Crippen LogP contribution in [0.4, 0.5) is 9.52 Å². The van der Waals surface area contributed by atoms with Crippen LogP contribution in [0.1, 0.15) is 5.69 Å². The van der Waals surface area contributed by atoms with Gasteiger partial charge in [0.05, 0.1) is 5.69 Å². The van der Waals surface area contributed by atoms with Crippen molar-refractivity contribution in [3.63, 3.8) is 0 Å². The van der Waals surface area contributed by atoms with Gasteiger partial charge in [-0.15, -0.1) is 11.3 Å². The third-order valence-corrected chi connectivity index (χ3v) is 4.82. The van der Waals surface area contributed by atoms with Gasteiger partial charge in [0.15, 0.2) is 5.13 Å². The lowest BCUT2D eigenvalue weighted by molar-refractivity contribution is -0.116. The summed E-state index contributed by atoms with van der Waals surface area (Å²) in [5, 5.41) is 6.39. The number of aromatic nitrogens is 2. The summed E-state index contributed by atoms with van der Waals surface area (Å²) in [6.45, 7) is 1.70. The van der Waals surface area contributed by atoms with Gasteiger partial charge in [0.2, 0.25) is 5.91 Å². The summed E-state index contributed by atoms with van der Waals surface area (Å²) in [6, 6.07) is 6.32. The van der Waals surface area contributed by atoms with E-state index >= 15 is 0 Å². The van der Waals surface area contributed by atoms with E-state index in [9.17, 15) is 14.0 Å². The van der Waals surface area contributed by atoms with E-state index in [0.717, 1.165) is 17.0 Å². The highest BCUT2D eigenvalue weighted by Crippen LogP contribution is 2.26. The molecule has 0 aliphatic rings. The van der Waals surface area contributed by atoms with Crippen molar-refractivity contribution in [3.8, 4) is 11.3 Å². The van der Waals surface area contributed by atoms with Crippen LogP contribution in [0, 0.1) is 12.7 Å². The Morgan fingerprint density at radius 1 is 1.30 bits per heavy atom. The molecule has 118 valence electrons. The standard InChI is InChI=1S/C15H12FN3O2S2/c1-9-7-23-15(21)19(9)6-13(20)18-14-17-12(8-22-14)10-4-2-3-5-11(10)16/h2-5,7-8H,6H2,1H3,(H,17,18,20). The Hall–Kier alpha value is -2.32. The lowest BCUT2D eigenvalue weighted by atomic mass is 10.2. The van der Waals surface area contributed by atoms with Gasteiger partial charge in [-0.25, -0.2) is 9.37 Å². The summed E-state index contributed by atoms with van der Waals surface area (Å²) in [5.41, 5.74) is 1.59. The van der Waals surface area contributed by atoms with Crippen LogP contribution in [0.25, 0.3) is 11.3 Å². The Balaban J connectivity index is 1.73. The Morgan fingerprint density at radius 3 is 2.78 bits per heavy atom. The smallest absolute Gasteiger partial charge is 0.300 e. The number of rotatable bonds is 4. The molecule has 8 heteroatoms. The molecular formula is C15H12FN3O2S2. The number of hydrogen-bond donors (Lipinski definition) is 1. The van der Waals surface area contributed by atoms with Crippen molar-refractivity contribution >= 4 is 33.7 Å². The van der Waals surface area contributed by atoms with E-state index in [4.69, 9.17) is 0 Å². The van der Waals surface area contributed by atoms with Crippen LogP contribution in [-0.4, -0.2) is 15.5 Å². The number of hydrogen-bond acceptors (Lipinski definition) is 5. The van der Waals surface area contributed by atoms with Crippen LogP contribution in [0.2, 0.25) is 0 Å². The lowest BCUT2D eigenvalue weighted by Crippen LogP contribution is -2.25. The van der Waals surface area contributed by atoms with E-state index in [-0.39, 0.29) is 23.1 Å². The zero-order valence-electron chi connectivity index (χ0n) is 12.1. The molecule has 23 heavy (non-hydrogen) atoms. The van der Waals surface area contributed by atoms with E-state index in [1.807, 2.05) is 0 Å². The van der Waals surface area contributed by atoms with Crippen LogP contribution < -0.4 is 10.2 Å². The molecule has 5 nitrogen and oxygen atoms in total. The summed E-state index contributed by atoms with van der Waals surface area (Å²) >= 11 is 2.26. The zero-order chi connectivity index (χ0) is 16.4. The Labute approximate surface area is 139 Å². The van der Waals surface area contributed by atoms with Gasteiger partial charge >= 0.3 is 4.87 Å². The molecular weight excluding hydrogens is 337 g/mol. The molecule has 2 heterocycles. The fourth-order valence-electron chi connectivity index (χ4n) is 2.02. The van der Waals surface area contributed by atoms with Crippen LogP contribution in [0.3, 0.4) is 0 Å². The first-order chi connectivity index (χ1) is 11.0. The Kier molecular flexibility index (Phi) is 4.35. The molecule has 0 saturated heterocycles. The monoisotopic (exact) mass is 349 g/mol. The number of nitrogens with one attached hydrogen (secondary N) is 1. The van der Waals surface area contributed by atoms with Crippen molar-refractivity contribution in [2.75, 3.05) is 5.32 Å². The quantitative estimate of drug-likeness (QED) is 0.787. The van der Waals surface area contributed by atoms with Gasteiger partial charge in [-0.05, 0) is 19.1 Å². The van der Waals surface area contributed by atoms with Crippen LogP contribution in [0.5, 0.6) is 0 Å². The second-order valence-corrected chi connectivity index (χ2v) is 6.47. The fourth-order valence-corrected chi connectivity index (χ4v) is 3.48. The summed E-state index contributed by atoms with van der Waals surface area (Å²) in [5.74, 6) is -0.709. The highest BCUT2D eigenvalue weighted by Gasteiger charge is 2.12. The first-order valence-electron chi connectivity index (χ1n) is 6.70. The summed E-state index contributed by atoms with van der Waals surface area (Å²) in [7, 11) is 0. The van der Waals surface area contributed by atoms with Crippen molar-refractivity contribution in [1.82, 2.24) is 9.55 Å². The molecule has 0 aliphatic carbocycles. The molecule has 1 amide bonds. The maximum Gasteiger partial charge on any atom is 0.307 e. The van der Waals surface area contributed by atoms with Crippen molar-refractivity contribution < 1.29 is 9.18 Å². The maximum atomic E-state index is 13.7. The third-order valence-electron chi connectivity index (χ3n) is 3.18. The predicted molar refractivity (Wildman–Crippen MR) is 89.5 cm³/mol. The van der Waals surface area contributed by atoms with E-state index < -0.39 is 0 Å². The summed E-state index contributed by atoms with van der Waals surface area (Å²) in [6.07, 6.45) is 0. The molecule has 1 N–H and O–H groups in total. The zero-order valence-corrected chi connectivity index (χ0v) is 13.7. The number of benzene rings is 1. The lowest BCUT2D eigenvalue weighted by Gasteiger charge is -2.04. The molecule has 0 fully saturated rings. The Bertz CT molecular complexity index is 913. The van der Waals surface area contributed by atoms with Gasteiger partial charge in [-0.1, -0.05) is 23.5 Å². The molecule has 0 spiro atoms. The van der Waals surface area contributed by atoms with Crippen LogP contribution >= 0.6 is 22.7 Å². The summed E-state index contributed by atoms with van der Waals surface area (Å²) < 4.78 is 15.1. The van der Waals surface area contributed by atoms with Crippen LogP contribution in [-0.2, 0) is 11.3 Å². The molecule has 2 aromatic heterocycles. The van der Waals surface area contributed by atoms with Crippen molar-refractivity contribution in [1.29, 1.82) is 0 Å². The molecule has 1 aromatic carbocycles. The molecule has 0 aliphatic heterocycles. The van der Waals surface area contributed by atoms with E-state index in [1.165, 1.54) is 22.0 Å². The minimum Gasteiger partial charge on any atom is -0.300 e. The van der Waals surface area contributed by atoms with Crippen molar-refractivity contribution in [2.24, 2.45) is 0 Å². The number of carbonyl (C=O) groups excluding carboxylic acids is 1. The minimum absolute atomic E-state index is 0.0667. The predicted octanol–water partition coefficient (Wildman–Crippen LogP) is 3.12. The number of amides is 1. The number of carbonyl (C=O) groups is 1. The number of thiazole rings is 2. The summed E-state index contributed by atoms with van der Waals surface area (Å²) in [4.78, 5) is 27.7. The fraction of sp³-hybridized carbons (Fsp3) is 0.133. The molecule has 0 radical (unpaired) electrons. The molecule has 0 bridgehead atoms. The maximum absolute atomic E-state index is 13.7. The molecule has 0 saturated carbocycles. The average Bonchev–Trinajstić information content (AvgIpc) is 3.09. The number of halogens is 1. The average molecular weight is 349 g/mol. The van der Waals surface area contributed by atoms with Gasteiger partial charge in [-0.2, -0.15) is 0 Å². The molecule has 0 atom stereocenters. The topological polar surface area (TPSA) is 64.0 Å². The van der Waals surface area contributed by atoms with Gasteiger partial charge in [0.25, 0.3) is 0 Å². The highest BCUT2D eigenvalue weighted by atomic mass is 32.1. The SMILES string of the molecule is Cc1csc(=O)n1CC(=O)Nc1nc(-c2ccccc2F)cs1. The Morgan fingerprint density at radius 2 is 2.09 bits per heavy atom. The van der Waals surface area contributed by atoms with Gasteiger partial charge in [0.1, 0.15) is 12.4 Å². The first kappa shape index (κ1) is 15.6. The minimum atomic E-state index is -0.365. The number of anilines is 1. The first-order valence-corrected chi connectivity index (χ1v) is 8.46. The number of nitrogens with zero attached hydrogens (tertiary/aromatic N) is 2. The van der Waals surface area contributed by atoms with E-state index in [0.29, 0.717) is 16.4 Å². The van der Waals surface area contributed by atoms with Gasteiger partial charge < -0.3 is 5.32 Å². The van der Waals surface area contributed by atoms with E-state index in [1.54, 1.807) is 35.9 Å². The second-order valence-electron chi connectivity index (χ2n) is 4.80. The van der Waals surface area contributed by atoms with Gasteiger partial charge in [-0.3, -0.25) is 14.2 Å². The van der Waals surface area contributed by atoms with E-state index in [2.05, 4.69) is 10.3 Å². The second kappa shape index (κ2) is 6.43. The highest BCUT2D eigenvalue weighted by molar-refractivity contribution is 7.14. The largest absolute Gasteiger partial charge is 0.307 e. The number of aryl methyl sites for hydroxylation is 1. The van der Waals surface area contributed by atoms with Crippen molar-refractivity contribution in [2.45, 2.75) is 13.5 Å². The van der Waals surface area contributed by atoms with Gasteiger partial charge in [0, 0.05) is 22.0 Å². The molecule has 3 rings (SSSR count). The normalized spacial score (nSPS) is 10.7. The van der Waals surface area contributed by atoms with Crippen LogP contribution in [0.15, 0.2) is 39.8 Å². The third kappa shape index (κ3) is 3.38. The molecule has 3 aromatic rings. The molecule has 0 unspecified atom stereocenters. The van der Waals surface area contributed by atoms with Crippen molar-refractivity contribution in [3.05, 3.63) is 56.2 Å².